The van der Waals surface area contributed by atoms with Gasteiger partial charge in [-0.3, -0.25) is 4.79 Å². The molecule has 0 aliphatic rings. The first kappa shape index (κ1) is 11.7. The van der Waals surface area contributed by atoms with Gasteiger partial charge in [0.2, 0.25) is 0 Å². The summed E-state index contributed by atoms with van der Waals surface area (Å²) in [5, 5.41) is 0. The van der Waals surface area contributed by atoms with E-state index in [1.807, 2.05) is 6.92 Å². The van der Waals surface area contributed by atoms with E-state index in [-0.39, 0.29) is 11.8 Å². The Morgan fingerprint density at radius 2 is 2.33 bits per heavy atom. The lowest BCUT2D eigenvalue weighted by atomic mass is 10.0. The van der Waals surface area contributed by atoms with E-state index in [4.69, 9.17) is 11.5 Å². The number of pyridine rings is 1. The second-order valence-corrected chi connectivity index (χ2v) is 3.73. The van der Waals surface area contributed by atoms with Crippen molar-refractivity contribution < 1.29 is 4.79 Å². The van der Waals surface area contributed by atoms with E-state index < -0.39 is 0 Å². The minimum Gasteiger partial charge on any atom is -0.383 e. The SMILES string of the molecule is CC(N)CCCC(=O)c1cccnc1N. The molecule has 0 aliphatic carbocycles. The van der Waals surface area contributed by atoms with Gasteiger partial charge in [-0.05, 0) is 31.9 Å². The lowest BCUT2D eigenvalue weighted by molar-refractivity contribution is 0.0979. The Balaban J connectivity index is 2.51. The van der Waals surface area contributed by atoms with Crippen LogP contribution in [0.1, 0.15) is 36.5 Å². The third kappa shape index (κ3) is 3.67. The molecule has 4 heteroatoms. The van der Waals surface area contributed by atoms with Gasteiger partial charge in [0.05, 0.1) is 5.56 Å². The number of nitrogen functional groups attached to an aromatic ring is 1. The Morgan fingerprint density at radius 3 is 2.93 bits per heavy atom. The summed E-state index contributed by atoms with van der Waals surface area (Å²) in [5.74, 6) is 0.351. The third-order valence-corrected chi connectivity index (χ3v) is 2.20. The fraction of sp³-hybridized carbons (Fsp3) is 0.455. The highest BCUT2D eigenvalue weighted by atomic mass is 16.1. The van der Waals surface area contributed by atoms with Crippen LogP contribution in [-0.2, 0) is 0 Å². The quantitative estimate of drug-likeness (QED) is 0.714. The lowest BCUT2D eigenvalue weighted by Gasteiger charge is -2.05. The van der Waals surface area contributed by atoms with E-state index in [9.17, 15) is 4.79 Å². The van der Waals surface area contributed by atoms with Crippen LogP contribution in [0.2, 0.25) is 0 Å². The highest BCUT2D eigenvalue weighted by Gasteiger charge is 2.09. The zero-order valence-electron chi connectivity index (χ0n) is 8.94. The number of hydrogen-bond donors (Lipinski definition) is 2. The van der Waals surface area contributed by atoms with Gasteiger partial charge in [-0.15, -0.1) is 0 Å². The molecule has 0 fully saturated rings. The van der Waals surface area contributed by atoms with Gasteiger partial charge >= 0.3 is 0 Å². The van der Waals surface area contributed by atoms with Gasteiger partial charge in [-0.1, -0.05) is 0 Å². The summed E-state index contributed by atoms with van der Waals surface area (Å²) in [6.45, 7) is 1.93. The molecular formula is C11H17N3O. The maximum absolute atomic E-state index is 11.7. The number of carbonyl (C=O) groups excluding carboxylic acids is 1. The molecule has 15 heavy (non-hydrogen) atoms. The monoisotopic (exact) mass is 207 g/mol. The van der Waals surface area contributed by atoms with Crippen molar-refractivity contribution in [1.29, 1.82) is 0 Å². The van der Waals surface area contributed by atoms with Crippen LogP contribution in [0.5, 0.6) is 0 Å². The number of ketones is 1. The van der Waals surface area contributed by atoms with Crippen molar-refractivity contribution in [2.24, 2.45) is 5.73 Å². The molecule has 1 aromatic rings. The van der Waals surface area contributed by atoms with Crippen molar-refractivity contribution in [3.63, 3.8) is 0 Å². The van der Waals surface area contributed by atoms with Gasteiger partial charge in [-0.25, -0.2) is 4.98 Å². The number of anilines is 1. The summed E-state index contributed by atoms with van der Waals surface area (Å²) in [6, 6.07) is 3.56. The molecule has 1 atom stereocenters. The second kappa shape index (κ2) is 5.46. The number of nitrogens with zero attached hydrogens (tertiary/aromatic N) is 1. The first-order valence-corrected chi connectivity index (χ1v) is 5.10. The predicted molar refractivity (Wildman–Crippen MR) is 60.5 cm³/mol. The van der Waals surface area contributed by atoms with Crippen LogP contribution in [0.3, 0.4) is 0 Å². The topological polar surface area (TPSA) is 82.0 Å². The predicted octanol–water partition coefficient (Wildman–Crippen LogP) is 1.36. The summed E-state index contributed by atoms with van der Waals surface area (Å²) in [5.41, 5.74) is 11.7. The number of carbonyl (C=O) groups is 1. The van der Waals surface area contributed by atoms with Gasteiger partial charge in [0.1, 0.15) is 5.82 Å². The smallest absolute Gasteiger partial charge is 0.166 e. The zero-order chi connectivity index (χ0) is 11.3. The number of hydrogen-bond acceptors (Lipinski definition) is 4. The molecule has 1 rings (SSSR count). The average molecular weight is 207 g/mol. The first-order chi connectivity index (χ1) is 7.11. The lowest BCUT2D eigenvalue weighted by Crippen LogP contribution is -2.15. The molecule has 1 unspecified atom stereocenters. The molecule has 0 amide bonds. The Bertz CT molecular complexity index is 336. The summed E-state index contributed by atoms with van der Waals surface area (Å²) in [7, 11) is 0. The van der Waals surface area contributed by atoms with Crippen LogP contribution in [0.4, 0.5) is 5.82 Å². The molecule has 0 saturated heterocycles. The van der Waals surface area contributed by atoms with Crippen molar-refractivity contribution in [3.8, 4) is 0 Å². The molecule has 0 saturated carbocycles. The van der Waals surface area contributed by atoms with E-state index in [0.29, 0.717) is 17.8 Å². The molecular weight excluding hydrogens is 190 g/mol. The largest absolute Gasteiger partial charge is 0.383 e. The van der Waals surface area contributed by atoms with Crippen LogP contribution in [0, 0.1) is 0 Å². The van der Waals surface area contributed by atoms with Crippen LogP contribution in [0.15, 0.2) is 18.3 Å². The molecule has 4 N–H and O–H groups in total. The maximum atomic E-state index is 11.7. The molecule has 1 aromatic heterocycles. The van der Waals surface area contributed by atoms with E-state index in [1.54, 1.807) is 18.3 Å². The van der Waals surface area contributed by atoms with Gasteiger partial charge in [0, 0.05) is 18.7 Å². The number of Topliss-reactive ketones (excluding diaryl/α,β-unsaturated/α-hetero) is 1. The fourth-order valence-corrected chi connectivity index (χ4v) is 1.37. The third-order valence-electron chi connectivity index (χ3n) is 2.20. The van der Waals surface area contributed by atoms with Gasteiger partial charge in [0.15, 0.2) is 5.78 Å². The summed E-state index contributed by atoms with van der Waals surface area (Å²) >= 11 is 0. The van der Waals surface area contributed by atoms with Crippen LogP contribution < -0.4 is 11.5 Å². The molecule has 0 bridgehead atoms. The minimum absolute atomic E-state index is 0.0428. The highest BCUT2D eigenvalue weighted by molar-refractivity contribution is 5.99. The molecule has 0 aromatic carbocycles. The number of nitrogens with two attached hydrogens (primary N) is 2. The summed E-state index contributed by atoms with van der Waals surface area (Å²) in [6.07, 6.45) is 3.71. The van der Waals surface area contributed by atoms with E-state index >= 15 is 0 Å². The molecule has 82 valence electrons. The summed E-state index contributed by atoms with van der Waals surface area (Å²) in [4.78, 5) is 15.6. The van der Waals surface area contributed by atoms with Gasteiger partial charge in [-0.2, -0.15) is 0 Å². The highest BCUT2D eigenvalue weighted by Crippen LogP contribution is 2.12. The van der Waals surface area contributed by atoms with Crippen molar-refractivity contribution in [2.75, 3.05) is 5.73 Å². The summed E-state index contributed by atoms with van der Waals surface area (Å²) < 4.78 is 0. The van der Waals surface area contributed by atoms with Gasteiger partial charge < -0.3 is 11.5 Å². The molecule has 4 nitrogen and oxygen atoms in total. The Kier molecular flexibility index (Phi) is 4.24. The molecule has 0 radical (unpaired) electrons. The van der Waals surface area contributed by atoms with Crippen LogP contribution in [-0.4, -0.2) is 16.8 Å². The fourth-order valence-electron chi connectivity index (χ4n) is 1.37. The number of rotatable bonds is 5. The van der Waals surface area contributed by atoms with E-state index in [0.717, 1.165) is 12.8 Å². The Labute approximate surface area is 89.7 Å². The number of aromatic nitrogens is 1. The van der Waals surface area contributed by atoms with Crippen molar-refractivity contribution in [1.82, 2.24) is 4.98 Å². The van der Waals surface area contributed by atoms with E-state index in [1.165, 1.54) is 0 Å². The first-order valence-electron chi connectivity index (χ1n) is 5.10. The maximum Gasteiger partial charge on any atom is 0.166 e. The van der Waals surface area contributed by atoms with Crippen molar-refractivity contribution in [3.05, 3.63) is 23.9 Å². The molecule has 0 aliphatic heterocycles. The molecule has 1 heterocycles. The Hall–Kier alpha value is -1.42. The standard InChI is InChI=1S/C11H17N3O/c1-8(12)4-2-6-10(15)9-5-3-7-14-11(9)13/h3,5,7-8H,2,4,6,12H2,1H3,(H2,13,14). The van der Waals surface area contributed by atoms with Gasteiger partial charge in [0.25, 0.3) is 0 Å². The second-order valence-electron chi connectivity index (χ2n) is 3.73. The van der Waals surface area contributed by atoms with Crippen molar-refractivity contribution >= 4 is 11.6 Å². The van der Waals surface area contributed by atoms with Crippen LogP contribution in [0.25, 0.3) is 0 Å². The van der Waals surface area contributed by atoms with Crippen LogP contribution >= 0.6 is 0 Å². The minimum atomic E-state index is 0.0428. The average Bonchev–Trinajstić information content (AvgIpc) is 2.17. The van der Waals surface area contributed by atoms with E-state index in [2.05, 4.69) is 4.98 Å². The van der Waals surface area contributed by atoms with Crippen molar-refractivity contribution in [2.45, 2.75) is 32.2 Å². The zero-order valence-corrected chi connectivity index (χ0v) is 8.94. The molecule has 0 spiro atoms. The normalized spacial score (nSPS) is 12.4. The Morgan fingerprint density at radius 1 is 1.60 bits per heavy atom.